The van der Waals surface area contributed by atoms with Gasteiger partial charge in [0.15, 0.2) is 11.5 Å². The van der Waals surface area contributed by atoms with Crippen molar-refractivity contribution in [1.29, 1.82) is 0 Å². The molecule has 0 unspecified atom stereocenters. The first-order valence-corrected chi connectivity index (χ1v) is 9.37. The summed E-state index contributed by atoms with van der Waals surface area (Å²) in [5, 5.41) is 0. The highest BCUT2D eigenvalue weighted by Gasteiger charge is 2.24. The molecule has 0 saturated carbocycles. The minimum atomic E-state index is 0.0553. The lowest BCUT2D eigenvalue weighted by Crippen LogP contribution is -2.49. The number of piperazine rings is 1. The van der Waals surface area contributed by atoms with Crippen LogP contribution in [-0.2, 0) is 6.42 Å². The van der Waals surface area contributed by atoms with E-state index in [2.05, 4.69) is 25.3 Å². The highest BCUT2D eigenvalue weighted by Crippen LogP contribution is 2.33. The second-order valence-corrected chi connectivity index (χ2v) is 7.18. The van der Waals surface area contributed by atoms with E-state index in [1.54, 1.807) is 26.4 Å². The van der Waals surface area contributed by atoms with E-state index < -0.39 is 0 Å². The second kappa shape index (κ2) is 9.62. The normalized spacial score (nSPS) is 15.2. The molecule has 1 saturated heterocycles. The van der Waals surface area contributed by atoms with Crippen LogP contribution in [0.3, 0.4) is 0 Å². The molecule has 1 amide bonds. The summed E-state index contributed by atoms with van der Waals surface area (Å²) in [5.41, 5.74) is 1.57. The minimum Gasteiger partial charge on any atom is -0.493 e. The Kier molecular flexibility index (Phi) is 7.51. The molecular weight excluding hydrogens is 328 g/mol. The Bertz CT molecular complexity index is 620. The van der Waals surface area contributed by atoms with Gasteiger partial charge in [-0.3, -0.25) is 9.69 Å². The molecule has 1 heterocycles. The maximum Gasteiger partial charge on any atom is 0.254 e. The highest BCUT2D eigenvalue weighted by atomic mass is 16.5. The van der Waals surface area contributed by atoms with Gasteiger partial charge in [-0.25, -0.2) is 0 Å². The number of hydrogen-bond donors (Lipinski definition) is 0. The average molecular weight is 360 g/mol. The maximum absolute atomic E-state index is 13.0. The molecule has 0 aliphatic carbocycles. The van der Waals surface area contributed by atoms with Crippen LogP contribution in [0, 0.1) is 5.92 Å². The molecule has 5 heteroatoms. The van der Waals surface area contributed by atoms with Gasteiger partial charge >= 0.3 is 0 Å². The van der Waals surface area contributed by atoms with Gasteiger partial charge in [-0.1, -0.05) is 19.9 Å². The van der Waals surface area contributed by atoms with Gasteiger partial charge in [0.1, 0.15) is 0 Å². The van der Waals surface area contributed by atoms with E-state index in [-0.39, 0.29) is 5.91 Å². The third-order valence-corrected chi connectivity index (χ3v) is 4.85. The topological polar surface area (TPSA) is 42.0 Å². The van der Waals surface area contributed by atoms with Crippen LogP contribution in [0.1, 0.15) is 36.2 Å². The van der Waals surface area contributed by atoms with E-state index in [0.29, 0.717) is 29.4 Å². The molecule has 0 radical (unpaired) electrons. The second-order valence-electron chi connectivity index (χ2n) is 7.18. The van der Waals surface area contributed by atoms with E-state index in [9.17, 15) is 4.79 Å². The van der Waals surface area contributed by atoms with Gasteiger partial charge < -0.3 is 14.4 Å². The van der Waals surface area contributed by atoms with Crippen LogP contribution < -0.4 is 9.47 Å². The lowest BCUT2D eigenvalue weighted by Gasteiger charge is -2.35. The lowest BCUT2D eigenvalue weighted by atomic mass is 10.0. The summed E-state index contributed by atoms with van der Waals surface area (Å²) < 4.78 is 10.9. The van der Waals surface area contributed by atoms with Crippen LogP contribution in [0.25, 0.3) is 0 Å². The summed E-state index contributed by atoms with van der Waals surface area (Å²) in [6, 6.07) is 3.68. The number of rotatable bonds is 8. The molecule has 0 N–H and O–H groups in total. The fraction of sp³-hybridized carbons (Fsp3) is 0.571. The Morgan fingerprint density at radius 1 is 1.19 bits per heavy atom. The first-order chi connectivity index (χ1) is 12.5. The first kappa shape index (κ1) is 20.3. The van der Waals surface area contributed by atoms with Crippen LogP contribution in [0.15, 0.2) is 24.8 Å². The van der Waals surface area contributed by atoms with Crippen molar-refractivity contribution < 1.29 is 14.3 Å². The SMILES string of the molecule is C=CCc1cc(C(=O)N2CCN(CCC(C)C)CC2)cc(OC)c1OC. The standard InChI is InChI=1S/C21H32N2O3/c1-6-7-17-14-18(15-19(25-4)20(17)26-5)21(24)23-12-10-22(11-13-23)9-8-16(2)3/h6,14-16H,1,7-13H2,2-5H3. The molecule has 0 spiro atoms. The predicted octanol–water partition coefficient (Wildman–Crippen LogP) is 3.24. The van der Waals surface area contributed by atoms with Gasteiger partial charge in [0.25, 0.3) is 5.91 Å². The highest BCUT2D eigenvalue weighted by molar-refractivity contribution is 5.95. The molecule has 1 aliphatic heterocycles. The van der Waals surface area contributed by atoms with Crippen molar-refractivity contribution >= 4 is 5.91 Å². The van der Waals surface area contributed by atoms with Crippen molar-refractivity contribution in [2.45, 2.75) is 26.7 Å². The van der Waals surface area contributed by atoms with Crippen molar-refractivity contribution in [2.75, 3.05) is 46.9 Å². The number of ether oxygens (including phenoxy) is 2. The Morgan fingerprint density at radius 2 is 1.88 bits per heavy atom. The number of methoxy groups -OCH3 is 2. The van der Waals surface area contributed by atoms with Gasteiger partial charge in [0, 0.05) is 37.3 Å². The van der Waals surface area contributed by atoms with Crippen molar-refractivity contribution in [2.24, 2.45) is 5.92 Å². The number of carbonyl (C=O) groups is 1. The van der Waals surface area contributed by atoms with E-state index >= 15 is 0 Å². The van der Waals surface area contributed by atoms with Crippen LogP contribution in [0.2, 0.25) is 0 Å². The molecule has 1 aromatic carbocycles. The zero-order valence-corrected chi connectivity index (χ0v) is 16.6. The zero-order valence-electron chi connectivity index (χ0n) is 16.6. The molecule has 1 aliphatic rings. The van der Waals surface area contributed by atoms with Crippen LogP contribution in [0.5, 0.6) is 11.5 Å². The Labute approximate surface area is 157 Å². The number of benzene rings is 1. The number of nitrogens with zero attached hydrogens (tertiary/aromatic N) is 2. The third kappa shape index (κ3) is 5.01. The van der Waals surface area contributed by atoms with E-state index in [4.69, 9.17) is 9.47 Å². The molecular formula is C21H32N2O3. The van der Waals surface area contributed by atoms with Crippen molar-refractivity contribution in [1.82, 2.24) is 9.80 Å². The van der Waals surface area contributed by atoms with Gasteiger partial charge in [0.2, 0.25) is 0 Å². The van der Waals surface area contributed by atoms with E-state index in [1.165, 1.54) is 6.42 Å². The van der Waals surface area contributed by atoms with Crippen LogP contribution in [0.4, 0.5) is 0 Å². The largest absolute Gasteiger partial charge is 0.493 e. The van der Waals surface area contributed by atoms with Crippen molar-refractivity contribution in [3.63, 3.8) is 0 Å². The van der Waals surface area contributed by atoms with Crippen molar-refractivity contribution in [3.8, 4) is 11.5 Å². The zero-order chi connectivity index (χ0) is 19.1. The molecule has 144 valence electrons. The molecule has 2 rings (SSSR count). The van der Waals surface area contributed by atoms with Crippen molar-refractivity contribution in [3.05, 3.63) is 35.9 Å². The summed E-state index contributed by atoms with van der Waals surface area (Å²) in [7, 11) is 3.21. The van der Waals surface area contributed by atoms with Crippen LogP contribution >= 0.6 is 0 Å². The first-order valence-electron chi connectivity index (χ1n) is 9.37. The molecule has 0 aromatic heterocycles. The smallest absolute Gasteiger partial charge is 0.254 e. The molecule has 1 fully saturated rings. The predicted molar refractivity (Wildman–Crippen MR) is 105 cm³/mol. The Hall–Kier alpha value is -2.01. The molecule has 0 atom stereocenters. The Balaban J connectivity index is 2.10. The fourth-order valence-corrected chi connectivity index (χ4v) is 3.27. The quantitative estimate of drug-likeness (QED) is 0.668. The van der Waals surface area contributed by atoms with Gasteiger partial charge in [-0.05, 0) is 37.4 Å². The molecule has 1 aromatic rings. The fourth-order valence-electron chi connectivity index (χ4n) is 3.27. The summed E-state index contributed by atoms with van der Waals surface area (Å²) in [6.07, 6.45) is 3.64. The van der Waals surface area contributed by atoms with Crippen LogP contribution in [-0.4, -0.2) is 62.7 Å². The Morgan fingerprint density at radius 3 is 2.42 bits per heavy atom. The van der Waals surface area contributed by atoms with Gasteiger partial charge in [-0.2, -0.15) is 0 Å². The summed E-state index contributed by atoms with van der Waals surface area (Å²) in [5.74, 6) is 2.03. The minimum absolute atomic E-state index is 0.0553. The summed E-state index contributed by atoms with van der Waals surface area (Å²) in [4.78, 5) is 17.4. The monoisotopic (exact) mass is 360 g/mol. The number of hydrogen-bond acceptors (Lipinski definition) is 4. The van der Waals surface area contributed by atoms with Gasteiger partial charge in [0.05, 0.1) is 14.2 Å². The average Bonchev–Trinajstić information content (AvgIpc) is 2.65. The molecule has 5 nitrogen and oxygen atoms in total. The van der Waals surface area contributed by atoms with Gasteiger partial charge in [-0.15, -0.1) is 6.58 Å². The third-order valence-electron chi connectivity index (χ3n) is 4.85. The maximum atomic E-state index is 13.0. The lowest BCUT2D eigenvalue weighted by molar-refractivity contribution is 0.0631. The molecule has 0 bridgehead atoms. The number of amides is 1. The molecule has 26 heavy (non-hydrogen) atoms. The van der Waals surface area contributed by atoms with E-state index in [0.717, 1.165) is 38.3 Å². The number of carbonyl (C=O) groups excluding carboxylic acids is 1. The number of allylic oxidation sites excluding steroid dienone is 1. The van der Waals surface area contributed by atoms with E-state index in [1.807, 2.05) is 11.0 Å². The summed E-state index contributed by atoms with van der Waals surface area (Å²) >= 11 is 0. The summed E-state index contributed by atoms with van der Waals surface area (Å²) in [6.45, 7) is 12.8.